The van der Waals surface area contributed by atoms with Gasteiger partial charge in [-0.05, 0) is 50.1 Å². The van der Waals surface area contributed by atoms with Gasteiger partial charge in [-0.25, -0.2) is 0 Å². The van der Waals surface area contributed by atoms with Crippen molar-refractivity contribution in [3.8, 4) is 0 Å². The van der Waals surface area contributed by atoms with Gasteiger partial charge < -0.3 is 9.80 Å². The van der Waals surface area contributed by atoms with E-state index in [1.807, 2.05) is 41.1 Å². The molecule has 1 atom stereocenters. The summed E-state index contributed by atoms with van der Waals surface area (Å²) >= 11 is 1.94. The maximum absolute atomic E-state index is 12.5. The minimum absolute atomic E-state index is 0.262. The fourth-order valence-corrected chi connectivity index (χ4v) is 5.51. The fraction of sp³-hybridized carbons (Fsp3) is 0.478. The molecule has 2 aliphatic heterocycles. The molecule has 2 fully saturated rings. The monoisotopic (exact) mass is 395 g/mol. The Bertz CT molecular complexity index is 770. The Hall–Kier alpha value is -1.85. The summed E-state index contributed by atoms with van der Waals surface area (Å²) in [5.74, 6) is 1.41. The van der Waals surface area contributed by atoms with Gasteiger partial charge in [0.2, 0.25) is 5.91 Å². The third-order valence-corrected chi connectivity index (χ3v) is 6.98. The minimum atomic E-state index is 0.262. The van der Waals surface area contributed by atoms with E-state index in [0.29, 0.717) is 13.0 Å². The van der Waals surface area contributed by atoms with Crippen LogP contribution in [0, 0.1) is 5.41 Å². The van der Waals surface area contributed by atoms with Crippen LogP contribution in [0.1, 0.15) is 31.4 Å². The van der Waals surface area contributed by atoms with Crippen molar-refractivity contribution in [3.63, 3.8) is 0 Å². The van der Waals surface area contributed by atoms with Gasteiger partial charge in [-0.2, -0.15) is 0 Å². The minimum Gasteiger partial charge on any atom is -0.336 e. The van der Waals surface area contributed by atoms with Gasteiger partial charge in [0.05, 0.1) is 12.2 Å². The summed E-state index contributed by atoms with van der Waals surface area (Å²) in [4.78, 5) is 22.9. The highest BCUT2D eigenvalue weighted by molar-refractivity contribution is 7.99. The zero-order valence-corrected chi connectivity index (χ0v) is 17.2. The SMILES string of the molecule is O=C1CC[C@@]2(CCCN(CCSc3ccccc3)C2)CN1Cc1ccccn1. The molecule has 2 saturated heterocycles. The molecule has 4 nitrogen and oxygen atoms in total. The Morgan fingerprint density at radius 1 is 1.04 bits per heavy atom. The van der Waals surface area contributed by atoms with E-state index in [1.54, 1.807) is 0 Å². The molecule has 2 aromatic rings. The van der Waals surface area contributed by atoms with Crippen LogP contribution in [0.2, 0.25) is 0 Å². The summed E-state index contributed by atoms with van der Waals surface area (Å²) in [6, 6.07) is 16.6. The topological polar surface area (TPSA) is 36.4 Å². The first-order valence-corrected chi connectivity index (χ1v) is 11.3. The molecule has 1 aromatic carbocycles. The molecular formula is C23H29N3OS. The number of pyridine rings is 1. The van der Waals surface area contributed by atoms with Crippen LogP contribution in [-0.4, -0.2) is 52.6 Å². The maximum Gasteiger partial charge on any atom is 0.222 e. The van der Waals surface area contributed by atoms with E-state index in [2.05, 4.69) is 40.2 Å². The molecule has 0 bridgehead atoms. The number of nitrogens with zero attached hydrogens (tertiary/aromatic N) is 3. The lowest BCUT2D eigenvalue weighted by Crippen LogP contribution is -2.54. The van der Waals surface area contributed by atoms with Gasteiger partial charge in [-0.15, -0.1) is 11.8 Å². The molecule has 4 rings (SSSR count). The van der Waals surface area contributed by atoms with Crippen LogP contribution in [0.5, 0.6) is 0 Å². The van der Waals surface area contributed by atoms with Gasteiger partial charge in [0.25, 0.3) is 0 Å². The van der Waals surface area contributed by atoms with E-state index in [-0.39, 0.29) is 11.3 Å². The van der Waals surface area contributed by atoms with Crippen LogP contribution >= 0.6 is 11.8 Å². The molecule has 148 valence electrons. The number of carbonyl (C=O) groups is 1. The maximum atomic E-state index is 12.5. The molecule has 2 aliphatic rings. The molecule has 0 saturated carbocycles. The zero-order valence-electron chi connectivity index (χ0n) is 16.4. The van der Waals surface area contributed by atoms with Crippen molar-refractivity contribution in [1.29, 1.82) is 0 Å². The molecule has 1 aromatic heterocycles. The van der Waals surface area contributed by atoms with E-state index >= 15 is 0 Å². The lowest BCUT2D eigenvalue weighted by atomic mass is 9.73. The molecule has 0 aliphatic carbocycles. The van der Waals surface area contributed by atoms with E-state index in [9.17, 15) is 4.79 Å². The van der Waals surface area contributed by atoms with Crippen molar-refractivity contribution in [2.24, 2.45) is 5.41 Å². The van der Waals surface area contributed by atoms with Gasteiger partial charge in [0, 0.05) is 48.3 Å². The average molecular weight is 396 g/mol. The Morgan fingerprint density at radius 3 is 2.71 bits per heavy atom. The number of hydrogen-bond acceptors (Lipinski definition) is 4. The fourth-order valence-electron chi connectivity index (χ4n) is 4.58. The summed E-state index contributed by atoms with van der Waals surface area (Å²) in [7, 11) is 0. The molecule has 5 heteroatoms. The quantitative estimate of drug-likeness (QED) is 0.691. The van der Waals surface area contributed by atoms with Crippen LogP contribution < -0.4 is 0 Å². The number of rotatable bonds is 6. The zero-order chi connectivity index (χ0) is 19.2. The predicted octanol–water partition coefficient (Wildman–Crippen LogP) is 4.08. The molecule has 28 heavy (non-hydrogen) atoms. The molecule has 1 spiro atoms. The highest BCUT2D eigenvalue weighted by atomic mass is 32.2. The first kappa shape index (κ1) is 19.5. The number of aromatic nitrogens is 1. The number of amides is 1. The normalized spacial score (nSPS) is 23.3. The van der Waals surface area contributed by atoms with Crippen LogP contribution in [0.25, 0.3) is 0 Å². The third-order valence-electron chi connectivity index (χ3n) is 5.99. The van der Waals surface area contributed by atoms with E-state index < -0.39 is 0 Å². The second kappa shape index (κ2) is 9.10. The lowest BCUT2D eigenvalue weighted by molar-refractivity contribution is -0.140. The first-order valence-electron chi connectivity index (χ1n) is 10.3. The van der Waals surface area contributed by atoms with Gasteiger partial charge >= 0.3 is 0 Å². The molecule has 1 amide bonds. The summed E-state index contributed by atoms with van der Waals surface area (Å²) in [6.07, 6.45) is 6.00. The molecule has 3 heterocycles. The van der Waals surface area contributed by atoms with Crippen LogP contribution in [0.4, 0.5) is 0 Å². The van der Waals surface area contributed by atoms with Crippen LogP contribution in [0.3, 0.4) is 0 Å². The van der Waals surface area contributed by atoms with Crippen molar-refractivity contribution in [1.82, 2.24) is 14.8 Å². The van der Waals surface area contributed by atoms with E-state index in [0.717, 1.165) is 37.5 Å². The van der Waals surface area contributed by atoms with Crippen molar-refractivity contribution in [2.75, 3.05) is 31.9 Å². The van der Waals surface area contributed by atoms with Crippen LogP contribution in [-0.2, 0) is 11.3 Å². The molecule has 0 unspecified atom stereocenters. The predicted molar refractivity (Wildman–Crippen MR) is 114 cm³/mol. The highest BCUT2D eigenvalue weighted by Gasteiger charge is 2.41. The Balaban J connectivity index is 1.33. The van der Waals surface area contributed by atoms with Crippen molar-refractivity contribution < 1.29 is 4.79 Å². The summed E-state index contributed by atoms with van der Waals surface area (Å²) in [6.45, 7) is 4.95. The standard InChI is InChI=1S/C23H29N3OS/c27-22-10-12-23(19-26(22)17-20-7-4-5-13-24-20)11-6-14-25(18-23)15-16-28-21-8-2-1-3-9-21/h1-5,7-9,13H,6,10-12,14-19H2/t23-/m1/s1. The first-order chi connectivity index (χ1) is 13.7. The molecule has 0 radical (unpaired) electrons. The Morgan fingerprint density at radius 2 is 1.89 bits per heavy atom. The van der Waals surface area contributed by atoms with Gasteiger partial charge in [0.1, 0.15) is 0 Å². The smallest absolute Gasteiger partial charge is 0.222 e. The lowest BCUT2D eigenvalue weighted by Gasteiger charge is -2.48. The van der Waals surface area contributed by atoms with Crippen molar-refractivity contribution in [3.05, 3.63) is 60.4 Å². The number of carbonyl (C=O) groups excluding carboxylic acids is 1. The van der Waals surface area contributed by atoms with Gasteiger partial charge in [0.15, 0.2) is 0 Å². The number of thioether (sulfide) groups is 1. The molecule has 0 N–H and O–H groups in total. The number of piperidine rings is 2. The summed E-state index contributed by atoms with van der Waals surface area (Å²) < 4.78 is 0. The van der Waals surface area contributed by atoms with E-state index in [4.69, 9.17) is 0 Å². The number of likely N-dealkylation sites (tertiary alicyclic amines) is 2. The largest absolute Gasteiger partial charge is 0.336 e. The van der Waals surface area contributed by atoms with Gasteiger partial charge in [-0.1, -0.05) is 24.3 Å². The second-order valence-corrected chi connectivity index (χ2v) is 9.28. The summed E-state index contributed by atoms with van der Waals surface area (Å²) in [5.41, 5.74) is 1.25. The molecular weight excluding hydrogens is 366 g/mol. The van der Waals surface area contributed by atoms with Gasteiger partial charge in [-0.3, -0.25) is 9.78 Å². The van der Waals surface area contributed by atoms with Crippen molar-refractivity contribution in [2.45, 2.75) is 37.1 Å². The Labute approximate surface area is 172 Å². The Kier molecular flexibility index (Phi) is 6.33. The van der Waals surface area contributed by atoms with Crippen molar-refractivity contribution >= 4 is 17.7 Å². The number of hydrogen-bond donors (Lipinski definition) is 0. The number of benzene rings is 1. The summed E-state index contributed by atoms with van der Waals surface area (Å²) in [5, 5.41) is 0. The van der Waals surface area contributed by atoms with Crippen LogP contribution in [0.15, 0.2) is 59.6 Å². The second-order valence-electron chi connectivity index (χ2n) is 8.11. The average Bonchev–Trinajstić information content (AvgIpc) is 2.73. The van der Waals surface area contributed by atoms with E-state index in [1.165, 1.54) is 24.3 Å². The third kappa shape index (κ3) is 4.95. The highest BCUT2D eigenvalue weighted by Crippen LogP contribution is 2.39.